The first-order valence-corrected chi connectivity index (χ1v) is 9.06. The number of carbonyl (C=O) groups is 2. The van der Waals surface area contributed by atoms with E-state index in [0.717, 1.165) is 25.7 Å². The lowest BCUT2D eigenvalue weighted by atomic mass is 9.91. The molecule has 2 unspecified atom stereocenters. The Bertz CT molecular complexity index is 587. The van der Waals surface area contributed by atoms with E-state index in [0.29, 0.717) is 6.42 Å². The van der Waals surface area contributed by atoms with E-state index in [9.17, 15) is 14.7 Å². The Hall–Kier alpha value is -2.04. The average Bonchev–Trinajstić information content (AvgIpc) is 2.94. The minimum Gasteiger partial charge on any atom is -0.480 e. The summed E-state index contributed by atoms with van der Waals surface area (Å²) in [6.07, 6.45) is 3.33. The molecule has 5 heteroatoms. The normalized spacial score (nSPS) is 22.4. The molecule has 1 saturated carbocycles. The lowest BCUT2D eigenvalue weighted by Crippen LogP contribution is -2.53. The molecule has 1 aliphatic rings. The second-order valence-corrected chi connectivity index (χ2v) is 7.68. The van der Waals surface area contributed by atoms with Gasteiger partial charge in [0.15, 0.2) is 0 Å². The van der Waals surface area contributed by atoms with Gasteiger partial charge < -0.3 is 15.2 Å². The van der Waals surface area contributed by atoms with E-state index >= 15 is 0 Å². The Kier molecular flexibility index (Phi) is 6.45. The summed E-state index contributed by atoms with van der Waals surface area (Å²) in [7, 11) is 0. The summed E-state index contributed by atoms with van der Waals surface area (Å²) in [5, 5.41) is 12.0. The average molecular weight is 347 g/mol. The van der Waals surface area contributed by atoms with E-state index in [1.807, 2.05) is 32.0 Å². The largest absolute Gasteiger partial charge is 0.480 e. The number of nitrogens with one attached hydrogen (secondary N) is 1. The molecule has 0 radical (unpaired) electrons. The van der Waals surface area contributed by atoms with E-state index in [-0.39, 0.29) is 17.9 Å². The number of ether oxygens (including phenoxy) is 1. The van der Waals surface area contributed by atoms with Crippen LogP contribution in [0.25, 0.3) is 0 Å². The van der Waals surface area contributed by atoms with Crippen molar-refractivity contribution in [1.82, 2.24) is 5.32 Å². The molecular weight excluding hydrogens is 318 g/mol. The third-order valence-corrected chi connectivity index (χ3v) is 4.85. The fraction of sp³-hybridized carbons (Fsp3) is 0.600. The predicted molar refractivity (Wildman–Crippen MR) is 96.4 cm³/mol. The molecule has 0 heterocycles. The topological polar surface area (TPSA) is 75.6 Å². The first-order chi connectivity index (χ1) is 11.8. The van der Waals surface area contributed by atoms with Crippen molar-refractivity contribution in [3.8, 4) is 0 Å². The van der Waals surface area contributed by atoms with Crippen molar-refractivity contribution in [2.75, 3.05) is 0 Å². The number of carboxylic acid groups (broad SMARTS) is 1. The summed E-state index contributed by atoms with van der Waals surface area (Å²) in [6, 6.07) is 10.2. The van der Waals surface area contributed by atoms with Gasteiger partial charge in [0, 0.05) is 5.92 Å². The van der Waals surface area contributed by atoms with Crippen LogP contribution >= 0.6 is 0 Å². The highest BCUT2D eigenvalue weighted by Gasteiger charge is 2.38. The van der Waals surface area contributed by atoms with Crippen LogP contribution in [0.3, 0.4) is 0 Å². The number of benzene rings is 1. The molecule has 1 amide bonds. The van der Waals surface area contributed by atoms with E-state index in [4.69, 9.17) is 4.74 Å². The Morgan fingerprint density at radius 2 is 1.96 bits per heavy atom. The van der Waals surface area contributed by atoms with Gasteiger partial charge in [-0.25, -0.2) is 9.59 Å². The summed E-state index contributed by atoms with van der Waals surface area (Å²) in [5.41, 5.74) is -0.0720. The molecule has 5 nitrogen and oxygen atoms in total. The van der Waals surface area contributed by atoms with Gasteiger partial charge >= 0.3 is 12.1 Å². The molecule has 1 fully saturated rings. The number of carboxylic acids is 1. The van der Waals surface area contributed by atoms with Crippen LogP contribution in [0.1, 0.15) is 52.0 Å². The zero-order valence-corrected chi connectivity index (χ0v) is 15.3. The number of amides is 1. The van der Waals surface area contributed by atoms with Crippen molar-refractivity contribution in [2.24, 2.45) is 11.8 Å². The van der Waals surface area contributed by atoms with Gasteiger partial charge in [-0.3, -0.25) is 0 Å². The highest BCUT2D eigenvalue weighted by Crippen LogP contribution is 2.31. The van der Waals surface area contributed by atoms with Gasteiger partial charge in [0.2, 0.25) is 0 Å². The maximum absolute atomic E-state index is 12.3. The molecule has 1 aromatic carbocycles. The fourth-order valence-corrected chi connectivity index (χ4v) is 3.71. The highest BCUT2D eigenvalue weighted by molar-refractivity contribution is 5.83. The Morgan fingerprint density at radius 3 is 2.56 bits per heavy atom. The highest BCUT2D eigenvalue weighted by atomic mass is 16.6. The molecule has 0 bridgehead atoms. The van der Waals surface area contributed by atoms with E-state index in [1.165, 1.54) is 12.5 Å². The van der Waals surface area contributed by atoms with Crippen LogP contribution < -0.4 is 5.32 Å². The third-order valence-electron chi connectivity index (χ3n) is 4.85. The van der Waals surface area contributed by atoms with Crippen LogP contribution in [-0.4, -0.2) is 28.8 Å². The lowest BCUT2D eigenvalue weighted by Gasteiger charge is -2.29. The number of rotatable bonds is 7. The molecule has 1 aliphatic carbocycles. The van der Waals surface area contributed by atoms with Gasteiger partial charge in [0.1, 0.15) is 11.6 Å². The lowest BCUT2D eigenvalue weighted by molar-refractivity contribution is -0.144. The number of hydrogen-bond acceptors (Lipinski definition) is 3. The second kappa shape index (κ2) is 8.37. The van der Waals surface area contributed by atoms with Crippen LogP contribution in [0, 0.1) is 11.8 Å². The van der Waals surface area contributed by atoms with Crippen molar-refractivity contribution in [1.29, 1.82) is 0 Å². The molecule has 138 valence electrons. The number of alkyl carbamates (subject to hydrolysis) is 1. The van der Waals surface area contributed by atoms with Crippen LogP contribution in [0.5, 0.6) is 0 Å². The van der Waals surface area contributed by atoms with Crippen molar-refractivity contribution in [3.05, 3.63) is 35.9 Å². The molecule has 25 heavy (non-hydrogen) atoms. The molecule has 0 spiro atoms. The van der Waals surface area contributed by atoms with Gasteiger partial charge in [-0.2, -0.15) is 0 Å². The van der Waals surface area contributed by atoms with E-state index < -0.39 is 17.6 Å². The minimum atomic E-state index is -1.31. The molecule has 3 atom stereocenters. The fourth-order valence-electron chi connectivity index (χ4n) is 3.71. The van der Waals surface area contributed by atoms with Gasteiger partial charge in [-0.05, 0) is 50.5 Å². The molecule has 0 aromatic heterocycles. The smallest absolute Gasteiger partial charge is 0.408 e. The number of aliphatic carboxylic acids is 1. The second-order valence-electron chi connectivity index (χ2n) is 7.68. The molecule has 1 aromatic rings. The SMILES string of the molecule is CC(C)C[C@@](C)(NC(=O)OC1CCCC1Cc1ccccc1)C(=O)O. The summed E-state index contributed by atoms with van der Waals surface area (Å²) in [4.78, 5) is 23.9. The number of hydrogen-bond donors (Lipinski definition) is 2. The Balaban J connectivity index is 1.95. The van der Waals surface area contributed by atoms with Crippen molar-refractivity contribution in [3.63, 3.8) is 0 Å². The summed E-state index contributed by atoms with van der Waals surface area (Å²) in [6.45, 7) is 5.40. The van der Waals surface area contributed by atoms with Gasteiger partial charge in [-0.15, -0.1) is 0 Å². The predicted octanol–water partition coefficient (Wildman–Crippen LogP) is 4.01. The number of carbonyl (C=O) groups excluding carboxylic acids is 1. The standard InChI is InChI=1S/C20H29NO4/c1-14(2)13-20(3,18(22)23)21-19(24)25-17-11-7-10-16(17)12-15-8-5-4-6-9-15/h4-6,8-9,14,16-17H,7,10-13H2,1-3H3,(H,21,24)(H,22,23)/t16?,17?,20-/m1/s1. The zero-order valence-electron chi connectivity index (χ0n) is 15.3. The van der Waals surface area contributed by atoms with Gasteiger partial charge in [-0.1, -0.05) is 44.2 Å². The Morgan fingerprint density at radius 1 is 1.28 bits per heavy atom. The minimum absolute atomic E-state index is 0.152. The van der Waals surface area contributed by atoms with Crippen LogP contribution in [-0.2, 0) is 16.0 Å². The Labute approximate surface area is 149 Å². The molecule has 0 aliphatic heterocycles. The molecular formula is C20H29NO4. The maximum Gasteiger partial charge on any atom is 0.408 e. The van der Waals surface area contributed by atoms with Crippen LogP contribution in [0.2, 0.25) is 0 Å². The molecule has 0 saturated heterocycles. The van der Waals surface area contributed by atoms with Gasteiger partial charge in [0.25, 0.3) is 0 Å². The van der Waals surface area contributed by atoms with Crippen molar-refractivity contribution < 1.29 is 19.4 Å². The summed E-state index contributed by atoms with van der Waals surface area (Å²) >= 11 is 0. The molecule has 2 rings (SSSR count). The van der Waals surface area contributed by atoms with E-state index in [2.05, 4.69) is 17.4 Å². The first kappa shape index (κ1) is 19.3. The van der Waals surface area contributed by atoms with Gasteiger partial charge in [0.05, 0.1) is 0 Å². The van der Waals surface area contributed by atoms with Crippen LogP contribution in [0.4, 0.5) is 4.79 Å². The van der Waals surface area contributed by atoms with E-state index in [1.54, 1.807) is 0 Å². The summed E-state index contributed by atoms with van der Waals surface area (Å²) < 4.78 is 5.61. The maximum atomic E-state index is 12.3. The van der Waals surface area contributed by atoms with Crippen LogP contribution in [0.15, 0.2) is 30.3 Å². The third kappa shape index (κ3) is 5.48. The van der Waals surface area contributed by atoms with Crippen molar-refractivity contribution in [2.45, 2.75) is 64.5 Å². The monoisotopic (exact) mass is 347 g/mol. The first-order valence-electron chi connectivity index (χ1n) is 9.06. The van der Waals surface area contributed by atoms with Crippen molar-refractivity contribution >= 4 is 12.1 Å². The summed E-state index contributed by atoms with van der Waals surface area (Å²) in [5.74, 6) is -0.599. The molecule has 2 N–H and O–H groups in total. The zero-order chi connectivity index (χ0) is 18.4. The quantitative estimate of drug-likeness (QED) is 0.781.